The Labute approximate surface area is 124 Å². The molecular formula is C17H17N3O. The molecular weight excluding hydrogens is 262 g/mol. The Balaban J connectivity index is 1.77. The lowest BCUT2D eigenvalue weighted by Gasteiger charge is -2.26. The van der Waals surface area contributed by atoms with Gasteiger partial charge in [-0.15, -0.1) is 0 Å². The minimum Gasteiger partial charge on any atom is -0.479 e. The predicted molar refractivity (Wildman–Crippen MR) is 81.1 cm³/mol. The van der Waals surface area contributed by atoms with E-state index in [4.69, 9.17) is 10.00 Å². The van der Waals surface area contributed by atoms with Gasteiger partial charge in [-0.2, -0.15) is 5.26 Å². The van der Waals surface area contributed by atoms with Gasteiger partial charge in [0.25, 0.3) is 0 Å². The van der Waals surface area contributed by atoms with Gasteiger partial charge < -0.3 is 10.1 Å². The number of ether oxygens (including phenoxy) is 1. The van der Waals surface area contributed by atoms with Gasteiger partial charge in [-0.1, -0.05) is 12.1 Å². The van der Waals surface area contributed by atoms with Crippen molar-refractivity contribution in [1.82, 2.24) is 4.98 Å². The quantitative estimate of drug-likeness (QED) is 0.931. The first-order chi connectivity index (χ1) is 10.4. The summed E-state index contributed by atoms with van der Waals surface area (Å²) in [6.07, 6.45) is 5.20. The number of nitrogens with zero attached hydrogens (tertiary/aromatic N) is 2. The van der Waals surface area contributed by atoms with Gasteiger partial charge in [0.2, 0.25) is 0 Å². The zero-order valence-corrected chi connectivity index (χ0v) is 11.7. The maximum Gasteiger partial charge on any atom is 0.174 e. The summed E-state index contributed by atoms with van der Waals surface area (Å²) in [7, 11) is 0. The Morgan fingerprint density at radius 1 is 1.33 bits per heavy atom. The number of aromatic nitrogens is 1. The Hall–Kier alpha value is -2.54. The third-order valence-electron chi connectivity index (χ3n) is 3.67. The van der Waals surface area contributed by atoms with Crippen molar-refractivity contribution in [3.63, 3.8) is 0 Å². The molecule has 0 aliphatic heterocycles. The fourth-order valence-electron chi connectivity index (χ4n) is 2.74. The lowest BCUT2D eigenvalue weighted by Crippen LogP contribution is -2.18. The highest BCUT2D eigenvalue weighted by Crippen LogP contribution is 2.31. The minimum absolute atomic E-state index is 0.0667. The molecule has 1 aromatic carbocycles. The number of rotatable bonds is 4. The van der Waals surface area contributed by atoms with Crippen LogP contribution in [0.3, 0.4) is 0 Å². The normalized spacial score (nSPS) is 16.6. The number of nitriles is 1. The maximum atomic E-state index is 8.57. The molecule has 0 amide bonds. The minimum atomic E-state index is 0.0667. The van der Waals surface area contributed by atoms with E-state index in [9.17, 15) is 0 Å². The van der Waals surface area contributed by atoms with Crippen LogP contribution >= 0.6 is 0 Å². The molecule has 1 atom stereocenters. The van der Waals surface area contributed by atoms with Crippen molar-refractivity contribution in [2.75, 3.05) is 11.9 Å². The number of nitrogens with one attached hydrogen (secondary N) is 1. The van der Waals surface area contributed by atoms with Gasteiger partial charge in [0.1, 0.15) is 11.8 Å². The molecule has 0 spiro atoms. The van der Waals surface area contributed by atoms with Gasteiger partial charge in [-0.05, 0) is 43.0 Å². The van der Waals surface area contributed by atoms with E-state index in [2.05, 4.69) is 16.4 Å². The molecule has 1 heterocycles. The molecule has 2 aromatic rings. The molecule has 1 aliphatic carbocycles. The van der Waals surface area contributed by atoms with Gasteiger partial charge in [0.05, 0.1) is 11.7 Å². The third-order valence-corrected chi connectivity index (χ3v) is 3.67. The van der Waals surface area contributed by atoms with E-state index < -0.39 is 0 Å². The Bertz CT molecular complexity index is 663. The third kappa shape index (κ3) is 3.14. The van der Waals surface area contributed by atoms with Crippen LogP contribution < -0.4 is 10.1 Å². The largest absolute Gasteiger partial charge is 0.479 e. The van der Waals surface area contributed by atoms with Crippen molar-refractivity contribution >= 4 is 5.69 Å². The van der Waals surface area contributed by atoms with Crippen LogP contribution in [0.5, 0.6) is 5.75 Å². The fourth-order valence-corrected chi connectivity index (χ4v) is 2.74. The zero-order chi connectivity index (χ0) is 14.5. The molecule has 4 heteroatoms. The van der Waals surface area contributed by atoms with E-state index in [0.717, 1.165) is 24.2 Å². The maximum absolute atomic E-state index is 8.57. The number of aryl methyl sites for hydroxylation is 1. The van der Waals surface area contributed by atoms with Crippen LogP contribution in [0.2, 0.25) is 0 Å². The van der Waals surface area contributed by atoms with Crippen LogP contribution in [0.25, 0.3) is 0 Å². The average Bonchev–Trinajstić information content (AvgIpc) is 2.54. The second-order valence-electron chi connectivity index (χ2n) is 5.11. The number of pyridine rings is 1. The number of hydrogen-bond donors (Lipinski definition) is 1. The summed E-state index contributed by atoms with van der Waals surface area (Å²) >= 11 is 0. The molecule has 1 unspecified atom stereocenters. The van der Waals surface area contributed by atoms with Crippen LogP contribution in [0.15, 0.2) is 42.6 Å². The molecule has 0 fully saturated rings. The van der Waals surface area contributed by atoms with E-state index in [-0.39, 0.29) is 12.6 Å². The molecule has 1 aromatic heterocycles. The summed E-state index contributed by atoms with van der Waals surface area (Å²) in [5.74, 6) is 0.707. The Morgan fingerprint density at radius 3 is 3.19 bits per heavy atom. The fraction of sp³-hybridized carbons (Fsp3) is 0.294. The van der Waals surface area contributed by atoms with Crippen LogP contribution in [0.4, 0.5) is 5.69 Å². The zero-order valence-electron chi connectivity index (χ0n) is 11.7. The molecule has 4 nitrogen and oxygen atoms in total. The van der Waals surface area contributed by atoms with Gasteiger partial charge in [-0.25, -0.2) is 0 Å². The van der Waals surface area contributed by atoms with Crippen molar-refractivity contribution in [1.29, 1.82) is 5.26 Å². The monoisotopic (exact) mass is 279 g/mol. The smallest absolute Gasteiger partial charge is 0.174 e. The molecule has 0 bridgehead atoms. The SMILES string of the molecule is N#CCOc1cccc(NC2CCCc3cccnc32)c1. The van der Waals surface area contributed by atoms with Crippen LogP contribution in [-0.2, 0) is 6.42 Å². The number of hydrogen-bond acceptors (Lipinski definition) is 4. The molecule has 1 aliphatic rings. The summed E-state index contributed by atoms with van der Waals surface area (Å²) in [6, 6.07) is 14.1. The lowest BCUT2D eigenvalue weighted by molar-refractivity contribution is 0.368. The highest BCUT2D eigenvalue weighted by Gasteiger charge is 2.20. The Kier molecular flexibility index (Phi) is 4.02. The summed E-state index contributed by atoms with van der Waals surface area (Å²) < 4.78 is 5.34. The van der Waals surface area contributed by atoms with Crippen molar-refractivity contribution in [3.05, 3.63) is 53.9 Å². The first kappa shape index (κ1) is 13.4. The molecule has 0 radical (unpaired) electrons. The lowest BCUT2D eigenvalue weighted by atomic mass is 9.92. The van der Waals surface area contributed by atoms with Gasteiger partial charge in [0.15, 0.2) is 6.61 Å². The molecule has 0 saturated carbocycles. The highest BCUT2D eigenvalue weighted by atomic mass is 16.5. The van der Waals surface area contributed by atoms with E-state index in [0.29, 0.717) is 5.75 Å². The second-order valence-corrected chi connectivity index (χ2v) is 5.11. The van der Waals surface area contributed by atoms with Crippen molar-refractivity contribution in [2.24, 2.45) is 0 Å². The van der Waals surface area contributed by atoms with Gasteiger partial charge in [-0.3, -0.25) is 4.98 Å². The van der Waals surface area contributed by atoms with Crippen molar-refractivity contribution in [3.8, 4) is 11.8 Å². The van der Waals surface area contributed by atoms with Crippen LogP contribution in [0.1, 0.15) is 30.1 Å². The molecule has 0 saturated heterocycles. The summed E-state index contributed by atoms with van der Waals surface area (Å²) in [5, 5.41) is 12.1. The molecule has 21 heavy (non-hydrogen) atoms. The second kappa shape index (κ2) is 6.27. The number of anilines is 1. The van der Waals surface area contributed by atoms with Crippen molar-refractivity contribution < 1.29 is 4.74 Å². The van der Waals surface area contributed by atoms with E-state index in [1.54, 1.807) is 0 Å². The summed E-state index contributed by atoms with van der Waals surface area (Å²) in [4.78, 5) is 4.53. The number of benzene rings is 1. The predicted octanol–water partition coefficient (Wildman–Crippen LogP) is 3.47. The van der Waals surface area contributed by atoms with E-state index in [1.807, 2.05) is 42.6 Å². The topological polar surface area (TPSA) is 57.9 Å². The van der Waals surface area contributed by atoms with E-state index >= 15 is 0 Å². The Morgan fingerprint density at radius 2 is 2.29 bits per heavy atom. The van der Waals surface area contributed by atoms with Crippen LogP contribution in [0, 0.1) is 11.3 Å². The van der Waals surface area contributed by atoms with E-state index in [1.165, 1.54) is 12.0 Å². The van der Waals surface area contributed by atoms with Gasteiger partial charge in [0, 0.05) is 18.0 Å². The standard InChI is InChI=1S/C17H17N3O/c18-9-11-21-15-7-2-6-14(12-15)20-16-8-1-4-13-5-3-10-19-17(13)16/h2-3,5-7,10,12,16,20H,1,4,8,11H2. The average molecular weight is 279 g/mol. The summed E-state index contributed by atoms with van der Waals surface area (Å²) in [6.45, 7) is 0.0667. The molecule has 3 rings (SSSR count). The first-order valence-corrected chi connectivity index (χ1v) is 7.17. The number of fused-ring (bicyclic) bond motifs is 1. The molecule has 106 valence electrons. The van der Waals surface area contributed by atoms with Gasteiger partial charge >= 0.3 is 0 Å². The highest BCUT2D eigenvalue weighted by molar-refractivity contribution is 5.50. The summed E-state index contributed by atoms with van der Waals surface area (Å²) in [5.41, 5.74) is 3.47. The molecule has 1 N–H and O–H groups in total. The van der Waals surface area contributed by atoms with Crippen LogP contribution in [-0.4, -0.2) is 11.6 Å². The first-order valence-electron chi connectivity index (χ1n) is 7.17. The van der Waals surface area contributed by atoms with Crippen molar-refractivity contribution in [2.45, 2.75) is 25.3 Å².